The molecule has 0 aromatic heterocycles. The highest BCUT2D eigenvalue weighted by molar-refractivity contribution is 5.89. The Morgan fingerprint density at radius 3 is 1.95 bits per heavy atom. The van der Waals surface area contributed by atoms with Crippen LogP contribution >= 0.6 is 12.4 Å². The van der Waals surface area contributed by atoms with E-state index in [1.165, 1.54) is 0 Å². The molecule has 0 spiro atoms. The molecule has 114 valence electrons. The number of nitrogens with one attached hydrogen (secondary N) is 2. The lowest BCUT2D eigenvalue weighted by molar-refractivity contribution is -0.130. The van der Waals surface area contributed by atoms with Crippen LogP contribution in [0.25, 0.3) is 0 Å². The van der Waals surface area contributed by atoms with Crippen LogP contribution in [-0.4, -0.2) is 29.9 Å². The molecule has 4 N–H and O–H groups in total. The van der Waals surface area contributed by atoms with Crippen molar-refractivity contribution in [1.29, 1.82) is 0 Å². The topological polar surface area (TPSA) is 84.2 Å². The number of carbonyl (C=O) groups excluding carboxylic acids is 2. The second-order valence-corrected chi connectivity index (χ2v) is 5.89. The molecule has 0 aliphatic carbocycles. The number of carbonyl (C=O) groups is 2. The van der Waals surface area contributed by atoms with Crippen LogP contribution in [0.15, 0.2) is 0 Å². The lowest BCUT2D eigenvalue weighted by atomic mass is 9.87. The zero-order valence-electron chi connectivity index (χ0n) is 12.7. The second-order valence-electron chi connectivity index (χ2n) is 5.89. The molecule has 0 aromatic rings. The molecule has 0 fully saturated rings. The molecule has 0 bridgehead atoms. The molecular weight excluding hydrogens is 266 g/mol. The third kappa shape index (κ3) is 7.38. The Balaban J connectivity index is 0. The molecule has 0 saturated heterocycles. The molecule has 2 amide bonds. The van der Waals surface area contributed by atoms with Crippen LogP contribution < -0.4 is 16.4 Å². The largest absolute Gasteiger partial charge is 0.352 e. The van der Waals surface area contributed by atoms with Crippen LogP contribution in [0.5, 0.6) is 0 Å². The van der Waals surface area contributed by atoms with Gasteiger partial charge in [0, 0.05) is 6.04 Å². The average Bonchev–Trinajstić information content (AvgIpc) is 2.26. The predicted molar refractivity (Wildman–Crippen MR) is 80.2 cm³/mol. The van der Waals surface area contributed by atoms with Crippen LogP contribution in [0, 0.1) is 5.41 Å². The van der Waals surface area contributed by atoms with Crippen molar-refractivity contribution in [3.63, 3.8) is 0 Å². The summed E-state index contributed by atoms with van der Waals surface area (Å²) in [5.41, 5.74) is 5.50. The van der Waals surface area contributed by atoms with E-state index < -0.39 is 12.1 Å². The Bertz CT molecular complexity index is 303. The molecule has 5 nitrogen and oxygen atoms in total. The summed E-state index contributed by atoms with van der Waals surface area (Å²) in [6, 6.07) is -1.09. The Morgan fingerprint density at radius 2 is 1.58 bits per heavy atom. The zero-order valence-corrected chi connectivity index (χ0v) is 13.6. The van der Waals surface area contributed by atoms with Gasteiger partial charge in [-0.05, 0) is 25.7 Å². The molecule has 0 rings (SSSR count). The lowest BCUT2D eigenvalue weighted by Gasteiger charge is -2.27. The minimum atomic E-state index is -0.628. The van der Waals surface area contributed by atoms with Crippen LogP contribution in [0.4, 0.5) is 0 Å². The van der Waals surface area contributed by atoms with Crippen molar-refractivity contribution in [3.05, 3.63) is 0 Å². The van der Waals surface area contributed by atoms with Gasteiger partial charge in [-0.3, -0.25) is 9.59 Å². The highest BCUT2D eigenvalue weighted by atomic mass is 35.5. The lowest BCUT2D eigenvalue weighted by Crippen LogP contribution is -2.54. The van der Waals surface area contributed by atoms with Crippen LogP contribution in [-0.2, 0) is 9.59 Å². The smallest absolute Gasteiger partial charge is 0.242 e. The molecule has 0 aliphatic heterocycles. The zero-order chi connectivity index (χ0) is 14.5. The Hall–Kier alpha value is -0.810. The van der Waals surface area contributed by atoms with Crippen molar-refractivity contribution >= 4 is 24.2 Å². The normalized spacial score (nSPS) is 15.7. The maximum Gasteiger partial charge on any atom is 0.242 e. The predicted octanol–water partition coefficient (Wildman–Crippen LogP) is 1.20. The standard InChI is InChI=1S/C13H27N3O2.ClH/c1-7-8(2)15-11(17)9(3)16-12(18)10(14)13(4,5)6;/h8-10H,7,14H2,1-6H3,(H,15,17)(H,16,18);1H/t8?,9?,10-;/m1./s1. The SMILES string of the molecule is CCC(C)NC(=O)C(C)NC(=O)[C@@H](N)C(C)(C)C.Cl. The monoisotopic (exact) mass is 293 g/mol. The van der Waals surface area contributed by atoms with E-state index >= 15 is 0 Å². The molecule has 0 heterocycles. The molecule has 0 saturated carbocycles. The van der Waals surface area contributed by atoms with E-state index in [0.29, 0.717) is 0 Å². The highest BCUT2D eigenvalue weighted by Gasteiger charge is 2.29. The van der Waals surface area contributed by atoms with Gasteiger partial charge in [0.15, 0.2) is 0 Å². The molecule has 2 unspecified atom stereocenters. The summed E-state index contributed by atoms with van der Waals surface area (Å²) >= 11 is 0. The summed E-state index contributed by atoms with van der Waals surface area (Å²) in [5, 5.41) is 5.46. The molecule has 6 heteroatoms. The van der Waals surface area contributed by atoms with Gasteiger partial charge in [-0.2, -0.15) is 0 Å². The quantitative estimate of drug-likeness (QED) is 0.712. The van der Waals surface area contributed by atoms with Crippen LogP contribution in [0.1, 0.15) is 48.0 Å². The van der Waals surface area contributed by atoms with Gasteiger partial charge in [-0.1, -0.05) is 27.7 Å². The highest BCUT2D eigenvalue weighted by Crippen LogP contribution is 2.17. The molecule has 0 radical (unpaired) electrons. The van der Waals surface area contributed by atoms with Crippen molar-refractivity contribution < 1.29 is 9.59 Å². The molecule has 19 heavy (non-hydrogen) atoms. The van der Waals surface area contributed by atoms with Gasteiger partial charge in [0.1, 0.15) is 6.04 Å². The van der Waals surface area contributed by atoms with Crippen LogP contribution in [0.3, 0.4) is 0 Å². The summed E-state index contributed by atoms with van der Waals surface area (Å²) in [5.74, 6) is -0.479. The second kappa shape index (κ2) is 8.38. The van der Waals surface area contributed by atoms with Crippen LogP contribution in [0.2, 0.25) is 0 Å². The van der Waals surface area contributed by atoms with Crippen molar-refractivity contribution in [2.24, 2.45) is 11.1 Å². The minimum absolute atomic E-state index is 0. The first-order chi connectivity index (χ1) is 8.09. The van der Waals surface area contributed by atoms with Crippen molar-refractivity contribution in [1.82, 2.24) is 10.6 Å². The van der Waals surface area contributed by atoms with E-state index in [9.17, 15) is 9.59 Å². The van der Waals surface area contributed by atoms with Crippen molar-refractivity contribution in [3.8, 4) is 0 Å². The average molecular weight is 294 g/mol. The summed E-state index contributed by atoms with van der Waals surface area (Å²) in [6.07, 6.45) is 0.855. The van der Waals surface area contributed by atoms with Gasteiger partial charge in [0.05, 0.1) is 6.04 Å². The Morgan fingerprint density at radius 1 is 1.11 bits per heavy atom. The van der Waals surface area contributed by atoms with E-state index in [2.05, 4.69) is 10.6 Å². The van der Waals surface area contributed by atoms with Gasteiger partial charge in [-0.25, -0.2) is 0 Å². The van der Waals surface area contributed by atoms with Gasteiger partial charge in [0.2, 0.25) is 11.8 Å². The fourth-order valence-corrected chi connectivity index (χ4v) is 1.23. The maximum absolute atomic E-state index is 11.8. The molecule has 3 atom stereocenters. The van der Waals surface area contributed by atoms with Gasteiger partial charge >= 0.3 is 0 Å². The minimum Gasteiger partial charge on any atom is -0.352 e. The van der Waals surface area contributed by atoms with Gasteiger partial charge in [-0.15, -0.1) is 12.4 Å². The number of halogens is 1. The third-order valence-corrected chi connectivity index (χ3v) is 2.97. The molecule has 0 aliphatic rings. The summed E-state index contributed by atoms with van der Waals surface area (Å²) in [7, 11) is 0. The van der Waals surface area contributed by atoms with Crippen molar-refractivity contribution in [2.45, 2.75) is 66.1 Å². The summed E-state index contributed by atoms with van der Waals surface area (Å²) in [6.45, 7) is 11.2. The Labute approximate surface area is 122 Å². The first-order valence-corrected chi connectivity index (χ1v) is 6.46. The van der Waals surface area contributed by atoms with E-state index in [-0.39, 0.29) is 35.7 Å². The summed E-state index contributed by atoms with van der Waals surface area (Å²) < 4.78 is 0. The van der Waals surface area contributed by atoms with E-state index in [4.69, 9.17) is 5.73 Å². The number of nitrogens with two attached hydrogens (primary N) is 1. The number of amides is 2. The number of hydrogen-bond acceptors (Lipinski definition) is 3. The van der Waals surface area contributed by atoms with E-state index in [1.54, 1.807) is 6.92 Å². The Kier molecular flexibility index (Phi) is 9.04. The van der Waals surface area contributed by atoms with Crippen molar-refractivity contribution in [2.75, 3.05) is 0 Å². The first-order valence-electron chi connectivity index (χ1n) is 6.46. The van der Waals surface area contributed by atoms with Gasteiger partial charge in [0.25, 0.3) is 0 Å². The number of hydrogen-bond donors (Lipinski definition) is 3. The summed E-state index contributed by atoms with van der Waals surface area (Å²) in [4.78, 5) is 23.6. The van der Waals surface area contributed by atoms with Gasteiger partial charge < -0.3 is 16.4 Å². The molecule has 0 aromatic carbocycles. The number of rotatable bonds is 5. The fraction of sp³-hybridized carbons (Fsp3) is 0.846. The van der Waals surface area contributed by atoms with E-state index in [0.717, 1.165) is 6.42 Å². The first kappa shape index (κ1) is 20.5. The van der Waals surface area contributed by atoms with E-state index in [1.807, 2.05) is 34.6 Å². The fourth-order valence-electron chi connectivity index (χ4n) is 1.23. The third-order valence-electron chi connectivity index (χ3n) is 2.97. The maximum atomic E-state index is 11.8. The molecular formula is C13H28ClN3O2.